The molecule has 0 amide bonds. The molecule has 7 rings (SSSR count). The Bertz CT molecular complexity index is 1880. The molecule has 0 radical (unpaired) electrons. The lowest BCUT2D eigenvalue weighted by atomic mass is 10.0. The first-order chi connectivity index (χ1) is 17.7. The summed E-state index contributed by atoms with van der Waals surface area (Å²) in [7, 11) is 0. The lowest BCUT2D eigenvalue weighted by Gasteiger charge is -2.09. The number of fused-ring (bicyclic) bond motifs is 4. The molecular weight excluding hydrogens is 472 g/mol. The Morgan fingerprint density at radius 1 is 0.861 bits per heavy atom. The van der Waals surface area contributed by atoms with Crippen LogP contribution in [-0.2, 0) is 6.54 Å². The van der Waals surface area contributed by atoms with Crippen LogP contribution in [0.5, 0.6) is 0 Å². The van der Waals surface area contributed by atoms with Gasteiger partial charge in [0.1, 0.15) is 5.82 Å². The lowest BCUT2D eigenvalue weighted by Crippen LogP contribution is -2.06. The maximum Gasteiger partial charge on any atom is 0.194 e. The van der Waals surface area contributed by atoms with Gasteiger partial charge in [-0.05, 0) is 36.2 Å². The molecule has 3 aromatic carbocycles. The van der Waals surface area contributed by atoms with E-state index in [9.17, 15) is 0 Å². The van der Waals surface area contributed by atoms with Crippen LogP contribution in [0.25, 0.3) is 50.4 Å². The largest absolute Gasteiger partial charge is 0.351 e. The number of H-pyrrole nitrogens is 1. The highest BCUT2D eigenvalue weighted by molar-refractivity contribution is 6.31. The molecule has 36 heavy (non-hydrogen) atoms. The van der Waals surface area contributed by atoms with Gasteiger partial charge in [0.2, 0.25) is 0 Å². The van der Waals surface area contributed by atoms with Crippen LogP contribution in [0.3, 0.4) is 0 Å². The fourth-order valence-corrected chi connectivity index (χ4v) is 4.92. The molecule has 4 heterocycles. The second kappa shape index (κ2) is 8.00. The van der Waals surface area contributed by atoms with Gasteiger partial charge in [-0.15, -0.1) is 15.3 Å². The number of benzene rings is 3. The maximum absolute atomic E-state index is 6.42. The van der Waals surface area contributed by atoms with Crippen molar-refractivity contribution in [3.63, 3.8) is 0 Å². The van der Waals surface area contributed by atoms with Crippen LogP contribution in [0.4, 0.5) is 0 Å². The molecular formula is C27H19ClN8. The number of aromatic amines is 1. The van der Waals surface area contributed by atoms with Gasteiger partial charge in [0.25, 0.3) is 0 Å². The van der Waals surface area contributed by atoms with E-state index in [1.165, 1.54) is 0 Å². The van der Waals surface area contributed by atoms with Crippen LogP contribution in [-0.4, -0.2) is 39.6 Å². The third kappa shape index (κ3) is 3.19. The smallest absolute Gasteiger partial charge is 0.194 e. The summed E-state index contributed by atoms with van der Waals surface area (Å²) < 4.78 is 3.74. The number of nitrogens with zero attached hydrogens (tertiary/aromatic N) is 7. The summed E-state index contributed by atoms with van der Waals surface area (Å²) in [5, 5.41) is 19.3. The summed E-state index contributed by atoms with van der Waals surface area (Å²) >= 11 is 6.42. The predicted octanol–water partition coefficient (Wildman–Crippen LogP) is 5.69. The van der Waals surface area contributed by atoms with Crippen molar-refractivity contribution in [1.82, 2.24) is 39.6 Å². The molecule has 0 atom stereocenters. The van der Waals surface area contributed by atoms with Crippen LogP contribution in [0.15, 0.2) is 78.9 Å². The van der Waals surface area contributed by atoms with Gasteiger partial charge in [0.05, 0.1) is 12.2 Å². The Labute approximate surface area is 210 Å². The first-order valence-electron chi connectivity index (χ1n) is 11.5. The van der Waals surface area contributed by atoms with Crippen molar-refractivity contribution in [1.29, 1.82) is 0 Å². The normalized spacial score (nSPS) is 11.7. The zero-order chi connectivity index (χ0) is 24.2. The Morgan fingerprint density at radius 3 is 2.44 bits per heavy atom. The van der Waals surface area contributed by atoms with E-state index in [0.29, 0.717) is 40.0 Å². The highest BCUT2D eigenvalue weighted by atomic mass is 35.5. The van der Waals surface area contributed by atoms with Gasteiger partial charge in [0, 0.05) is 21.5 Å². The predicted molar refractivity (Wildman–Crippen MR) is 140 cm³/mol. The molecule has 174 valence electrons. The van der Waals surface area contributed by atoms with Gasteiger partial charge >= 0.3 is 0 Å². The van der Waals surface area contributed by atoms with Gasteiger partial charge < -0.3 is 4.98 Å². The van der Waals surface area contributed by atoms with E-state index < -0.39 is 0 Å². The highest BCUT2D eigenvalue weighted by Gasteiger charge is 2.24. The molecule has 0 aliphatic rings. The molecule has 0 aliphatic carbocycles. The zero-order valence-electron chi connectivity index (χ0n) is 19.2. The molecule has 7 aromatic rings. The van der Waals surface area contributed by atoms with E-state index in [0.717, 1.165) is 33.3 Å². The standard InChI is InChI=1S/C27H19ClN8/c1-16-31-33-27-24-25(35(34-32-24)15-17-8-4-2-5-9-17)30-26(36(16)27)23-22(18-10-6-3-7-11-18)20-14-19(28)12-13-21(20)29-23/h2-14,29H,15H2,1H3. The quantitative estimate of drug-likeness (QED) is 0.342. The summed E-state index contributed by atoms with van der Waals surface area (Å²) in [5.74, 6) is 1.39. The first-order valence-corrected chi connectivity index (χ1v) is 11.9. The van der Waals surface area contributed by atoms with Gasteiger partial charge in [-0.3, -0.25) is 4.40 Å². The van der Waals surface area contributed by atoms with E-state index >= 15 is 0 Å². The minimum atomic E-state index is 0.543. The number of aromatic nitrogens is 8. The molecule has 9 heteroatoms. The zero-order valence-corrected chi connectivity index (χ0v) is 20.0. The summed E-state index contributed by atoms with van der Waals surface area (Å²) in [4.78, 5) is 8.72. The highest BCUT2D eigenvalue weighted by Crippen LogP contribution is 2.39. The number of halogens is 1. The monoisotopic (exact) mass is 490 g/mol. The molecule has 4 aromatic heterocycles. The third-order valence-corrected chi connectivity index (χ3v) is 6.63. The molecule has 0 aliphatic heterocycles. The number of rotatable bonds is 4. The molecule has 0 saturated carbocycles. The second-order valence-electron chi connectivity index (χ2n) is 8.68. The van der Waals surface area contributed by atoms with Crippen molar-refractivity contribution in [2.45, 2.75) is 13.5 Å². The van der Waals surface area contributed by atoms with Gasteiger partial charge in [0.15, 0.2) is 22.6 Å². The molecule has 0 saturated heterocycles. The average molecular weight is 491 g/mol. The third-order valence-electron chi connectivity index (χ3n) is 6.39. The van der Waals surface area contributed by atoms with Crippen molar-refractivity contribution >= 4 is 39.3 Å². The van der Waals surface area contributed by atoms with E-state index in [1.54, 1.807) is 4.68 Å². The molecule has 0 spiro atoms. The lowest BCUT2D eigenvalue weighted by molar-refractivity contribution is 0.664. The summed E-state index contributed by atoms with van der Waals surface area (Å²) in [6, 6.07) is 26.2. The van der Waals surface area contributed by atoms with Crippen LogP contribution in [0.1, 0.15) is 11.4 Å². The van der Waals surface area contributed by atoms with Crippen molar-refractivity contribution in [3.05, 3.63) is 95.3 Å². The Morgan fingerprint density at radius 2 is 1.64 bits per heavy atom. The van der Waals surface area contributed by atoms with Crippen molar-refractivity contribution in [2.75, 3.05) is 0 Å². The van der Waals surface area contributed by atoms with E-state index in [-0.39, 0.29) is 0 Å². The SMILES string of the molecule is Cc1nnc2c3nnn(Cc4ccccc4)c3nc(-c3[nH]c4ccc(Cl)cc4c3-c3ccccc3)n12. The van der Waals surface area contributed by atoms with Gasteiger partial charge in [-0.1, -0.05) is 77.5 Å². The first kappa shape index (κ1) is 20.8. The van der Waals surface area contributed by atoms with Crippen LogP contribution in [0.2, 0.25) is 5.02 Å². The molecule has 0 unspecified atom stereocenters. The number of hydrogen-bond acceptors (Lipinski definition) is 5. The molecule has 1 N–H and O–H groups in total. The van der Waals surface area contributed by atoms with Gasteiger partial charge in [-0.25, -0.2) is 9.67 Å². The summed E-state index contributed by atoms with van der Waals surface area (Å²) in [5.41, 5.74) is 6.85. The Balaban J connectivity index is 1.55. The second-order valence-corrected chi connectivity index (χ2v) is 9.11. The maximum atomic E-state index is 6.42. The van der Waals surface area contributed by atoms with Crippen molar-refractivity contribution in [3.8, 4) is 22.6 Å². The van der Waals surface area contributed by atoms with E-state index in [1.807, 2.05) is 65.9 Å². The fourth-order valence-electron chi connectivity index (χ4n) is 4.75. The average Bonchev–Trinajstić information content (AvgIpc) is 3.60. The van der Waals surface area contributed by atoms with Gasteiger partial charge in [-0.2, -0.15) is 0 Å². The number of aryl methyl sites for hydroxylation is 1. The Hall–Kier alpha value is -4.56. The molecule has 8 nitrogen and oxygen atoms in total. The topological polar surface area (TPSA) is 89.6 Å². The molecule has 0 fully saturated rings. The van der Waals surface area contributed by atoms with E-state index in [4.69, 9.17) is 16.6 Å². The van der Waals surface area contributed by atoms with Crippen molar-refractivity contribution < 1.29 is 0 Å². The minimum Gasteiger partial charge on any atom is -0.351 e. The Kier molecular flexibility index (Phi) is 4.62. The number of hydrogen-bond donors (Lipinski definition) is 1. The van der Waals surface area contributed by atoms with Crippen LogP contribution < -0.4 is 0 Å². The fraction of sp³-hybridized carbons (Fsp3) is 0.0741. The van der Waals surface area contributed by atoms with Crippen molar-refractivity contribution in [2.24, 2.45) is 0 Å². The minimum absolute atomic E-state index is 0.543. The van der Waals surface area contributed by atoms with E-state index in [2.05, 4.69) is 49.8 Å². The molecule has 0 bridgehead atoms. The summed E-state index contributed by atoms with van der Waals surface area (Å²) in [6.45, 7) is 2.45. The van der Waals surface area contributed by atoms with Crippen LogP contribution in [0, 0.1) is 6.92 Å². The summed E-state index contributed by atoms with van der Waals surface area (Å²) in [6.07, 6.45) is 0. The number of nitrogens with one attached hydrogen (secondary N) is 1. The van der Waals surface area contributed by atoms with Crippen LogP contribution >= 0.6 is 11.6 Å².